The van der Waals surface area contributed by atoms with Crippen molar-refractivity contribution in [3.63, 3.8) is 0 Å². The normalized spacial score (nSPS) is 12.1. The molecule has 2 aromatic rings. The highest BCUT2D eigenvalue weighted by Crippen LogP contribution is 2.23. The van der Waals surface area contributed by atoms with Crippen molar-refractivity contribution in [2.75, 3.05) is 17.3 Å². The number of carbonyl (C=O) groups excluding carboxylic acids is 1. The van der Waals surface area contributed by atoms with E-state index >= 15 is 0 Å². The number of nitrogens with two attached hydrogens (primary N) is 1. The van der Waals surface area contributed by atoms with Gasteiger partial charge in [-0.15, -0.1) is 10.2 Å². The van der Waals surface area contributed by atoms with Crippen LogP contribution in [0.25, 0.3) is 0 Å². The lowest BCUT2D eigenvalue weighted by atomic mass is 10.2. The third-order valence-electron chi connectivity index (χ3n) is 2.82. The summed E-state index contributed by atoms with van der Waals surface area (Å²) >= 11 is 1.30. The summed E-state index contributed by atoms with van der Waals surface area (Å²) in [7, 11) is 0. The average molecular weight is 291 g/mol. The Balaban J connectivity index is 2.11. The van der Waals surface area contributed by atoms with Crippen molar-refractivity contribution in [2.24, 2.45) is 0 Å². The van der Waals surface area contributed by atoms with E-state index in [1.165, 1.54) is 22.8 Å². The molecule has 1 atom stereocenters. The number of anilines is 1. The quantitative estimate of drug-likeness (QED) is 0.667. The summed E-state index contributed by atoms with van der Waals surface area (Å²) in [6.45, 7) is 4.41. The molecule has 0 spiro atoms. The van der Waals surface area contributed by atoms with Gasteiger partial charge in [-0.05, 0) is 26.0 Å². The number of carbonyl (C=O) groups is 1. The van der Waals surface area contributed by atoms with Gasteiger partial charge >= 0.3 is 0 Å². The van der Waals surface area contributed by atoms with Crippen molar-refractivity contribution in [2.45, 2.75) is 24.3 Å². The number of para-hydroxylation sites is 1. The summed E-state index contributed by atoms with van der Waals surface area (Å²) in [5.41, 5.74) is 0.890. The molecule has 2 N–H and O–H groups in total. The standard InChI is InChI=1S/C13H17N5OS/c1-3-17(11-7-5-4-6-8-11)12(19)10(2)20-13-16-15-9-18(13)14/h4-10H,3,14H2,1-2H3/t10-/m0/s1. The Labute approximate surface area is 121 Å². The van der Waals surface area contributed by atoms with Crippen LogP contribution < -0.4 is 10.7 Å². The lowest BCUT2D eigenvalue weighted by Crippen LogP contribution is -2.36. The van der Waals surface area contributed by atoms with Crippen LogP contribution in [0.3, 0.4) is 0 Å². The number of nitrogens with zero attached hydrogens (tertiary/aromatic N) is 4. The maximum Gasteiger partial charge on any atom is 0.240 e. The summed E-state index contributed by atoms with van der Waals surface area (Å²) in [6, 6.07) is 9.60. The molecule has 1 aromatic carbocycles. The van der Waals surface area contributed by atoms with Gasteiger partial charge in [0.1, 0.15) is 6.33 Å². The zero-order valence-corrected chi connectivity index (χ0v) is 12.2. The van der Waals surface area contributed by atoms with Crippen molar-refractivity contribution in [1.82, 2.24) is 14.9 Å². The Morgan fingerprint density at radius 3 is 2.70 bits per heavy atom. The molecule has 0 aliphatic heterocycles. The number of thioether (sulfide) groups is 1. The van der Waals surface area contributed by atoms with Gasteiger partial charge in [-0.25, -0.2) is 4.68 Å². The lowest BCUT2D eigenvalue weighted by Gasteiger charge is -2.24. The van der Waals surface area contributed by atoms with Gasteiger partial charge in [0.25, 0.3) is 0 Å². The SMILES string of the molecule is CCN(C(=O)[C@H](C)Sc1nncn1N)c1ccccc1. The smallest absolute Gasteiger partial charge is 0.240 e. The predicted octanol–water partition coefficient (Wildman–Crippen LogP) is 1.53. The fourth-order valence-electron chi connectivity index (χ4n) is 1.82. The van der Waals surface area contributed by atoms with Crippen LogP contribution in [0.4, 0.5) is 5.69 Å². The summed E-state index contributed by atoms with van der Waals surface area (Å²) < 4.78 is 1.31. The maximum absolute atomic E-state index is 12.5. The second-order valence-corrected chi connectivity index (χ2v) is 5.51. The number of benzene rings is 1. The first-order valence-corrected chi connectivity index (χ1v) is 7.19. The van der Waals surface area contributed by atoms with Crippen LogP contribution in [0.2, 0.25) is 0 Å². The molecule has 0 bridgehead atoms. The fourth-order valence-corrected chi connectivity index (χ4v) is 2.63. The van der Waals surface area contributed by atoms with E-state index in [0.29, 0.717) is 11.7 Å². The number of hydrogen-bond acceptors (Lipinski definition) is 5. The van der Waals surface area contributed by atoms with Crippen LogP contribution in [0, 0.1) is 0 Å². The molecule has 0 saturated heterocycles. The molecule has 7 heteroatoms. The number of hydrogen-bond donors (Lipinski definition) is 1. The van der Waals surface area contributed by atoms with E-state index in [9.17, 15) is 4.79 Å². The van der Waals surface area contributed by atoms with Crippen molar-refractivity contribution >= 4 is 23.4 Å². The van der Waals surface area contributed by atoms with Gasteiger partial charge in [0.15, 0.2) is 0 Å². The van der Waals surface area contributed by atoms with Gasteiger partial charge in [-0.2, -0.15) is 0 Å². The third kappa shape index (κ3) is 3.11. The second-order valence-electron chi connectivity index (χ2n) is 4.20. The molecule has 1 heterocycles. The highest BCUT2D eigenvalue weighted by Gasteiger charge is 2.23. The van der Waals surface area contributed by atoms with Gasteiger partial charge in [0, 0.05) is 12.2 Å². The zero-order chi connectivity index (χ0) is 14.5. The number of aromatic nitrogens is 3. The van der Waals surface area contributed by atoms with Crippen LogP contribution in [0.1, 0.15) is 13.8 Å². The molecule has 0 saturated carbocycles. The molecule has 1 aromatic heterocycles. The molecule has 106 valence electrons. The topological polar surface area (TPSA) is 77.0 Å². The molecule has 0 aliphatic carbocycles. The summed E-state index contributed by atoms with van der Waals surface area (Å²) in [4.78, 5) is 14.3. The largest absolute Gasteiger partial charge is 0.336 e. The maximum atomic E-state index is 12.5. The van der Waals surface area contributed by atoms with Gasteiger partial charge < -0.3 is 10.7 Å². The minimum Gasteiger partial charge on any atom is -0.336 e. The lowest BCUT2D eigenvalue weighted by molar-refractivity contribution is -0.117. The molecule has 0 aliphatic rings. The minimum atomic E-state index is -0.290. The van der Waals surface area contributed by atoms with E-state index in [1.807, 2.05) is 44.2 Å². The summed E-state index contributed by atoms with van der Waals surface area (Å²) in [6.07, 6.45) is 1.41. The van der Waals surface area contributed by atoms with E-state index in [-0.39, 0.29) is 11.2 Å². The van der Waals surface area contributed by atoms with Crippen molar-refractivity contribution < 1.29 is 4.79 Å². The minimum absolute atomic E-state index is 0.0201. The second kappa shape index (κ2) is 6.42. The fraction of sp³-hybridized carbons (Fsp3) is 0.308. The van der Waals surface area contributed by atoms with Crippen molar-refractivity contribution in [3.05, 3.63) is 36.7 Å². The Hall–Kier alpha value is -2.02. The van der Waals surface area contributed by atoms with Gasteiger partial charge in [0.05, 0.1) is 5.25 Å². The Morgan fingerprint density at radius 2 is 2.15 bits per heavy atom. The van der Waals surface area contributed by atoms with Crippen LogP contribution in [-0.2, 0) is 4.79 Å². The Bertz CT molecular complexity index is 571. The number of rotatable bonds is 5. The molecule has 20 heavy (non-hydrogen) atoms. The Kier molecular flexibility index (Phi) is 4.62. The first kappa shape index (κ1) is 14.4. The van der Waals surface area contributed by atoms with E-state index < -0.39 is 0 Å². The molecular weight excluding hydrogens is 274 g/mol. The first-order chi connectivity index (χ1) is 9.63. The van der Waals surface area contributed by atoms with Gasteiger partial charge in [-0.1, -0.05) is 30.0 Å². The molecule has 2 rings (SSSR count). The highest BCUT2D eigenvalue weighted by molar-refractivity contribution is 8.00. The molecule has 0 unspecified atom stereocenters. The zero-order valence-electron chi connectivity index (χ0n) is 11.4. The highest BCUT2D eigenvalue weighted by atomic mass is 32.2. The first-order valence-electron chi connectivity index (χ1n) is 6.31. The monoisotopic (exact) mass is 291 g/mol. The van der Waals surface area contributed by atoms with Gasteiger partial charge in [0.2, 0.25) is 11.1 Å². The van der Waals surface area contributed by atoms with E-state index in [2.05, 4.69) is 10.2 Å². The molecule has 0 fully saturated rings. The molecule has 1 amide bonds. The molecular formula is C13H17N5OS. The van der Waals surface area contributed by atoms with Crippen LogP contribution in [-0.4, -0.2) is 32.6 Å². The van der Waals surface area contributed by atoms with Crippen LogP contribution >= 0.6 is 11.8 Å². The van der Waals surface area contributed by atoms with Crippen LogP contribution in [0.5, 0.6) is 0 Å². The Morgan fingerprint density at radius 1 is 1.45 bits per heavy atom. The number of amides is 1. The molecule has 6 nitrogen and oxygen atoms in total. The van der Waals surface area contributed by atoms with Crippen molar-refractivity contribution in [1.29, 1.82) is 0 Å². The van der Waals surface area contributed by atoms with E-state index in [0.717, 1.165) is 5.69 Å². The third-order valence-corrected chi connectivity index (χ3v) is 3.88. The average Bonchev–Trinajstić information content (AvgIpc) is 2.86. The van der Waals surface area contributed by atoms with E-state index in [4.69, 9.17) is 5.84 Å². The van der Waals surface area contributed by atoms with Crippen LogP contribution in [0.15, 0.2) is 41.8 Å². The van der Waals surface area contributed by atoms with Gasteiger partial charge in [-0.3, -0.25) is 4.79 Å². The predicted molar refractivity (Wildman–Crippen MR) is 80.0 cm³/mol. The molecule has 0 radical (unpaired) electrons. The summed E-state index contributed by atoms with van der Waals surface area (Å²) in [5.74, 6) is 5.67. The number of nitrogen functional groups attached to an aromatic ring is 1. The summed E-state index contributed by atoms with van der Waals surface area (Å²) in [5, 5.41) is 7.81. The van der Waals surface area contributed by atoms with E-state index in [1.54, 1.807) is 4.90 Å². The van der Waals surface area contributed by atoms with Crippen molar-refractivity contribution in [3.8, 4) is 0 Å².